The highest BCUT2D eigenvalue weighted by molar-refractivity contribution is 7.12. The molecule has 1 amide bonds. The monoisotopic (exact) mass is 365 g/mol. The van der Waals surface area contributed by atoms with Crippen molar-refractivity contribution in [2.24, 2.45) is 0 Å². The fraction of sp³-hybridized carbons (Fsp3) is 0.412. The summed E-state index contributed by atoms with van der Waals surface area (Å²) >= 11 is 7.51. The van der Waals surface area contributed by atoms with Gasteiger partial charge in [0.15, 0.2) is 0 Å². The van der Waals surface area contributed by atoms with E-state index in [4.69, 9.17) is 16.6 Å². The van der Waals surface area contributed by atoms with Crippen LogP contribution < -0.4 is 10.6 Å². The number of amides is 1. The van der Waals surface area contributed by atoms with Gasteiger partial charge in [-0.15, -0.1) is 11.3 Å². The first kappa shape index (κ1) is 17.4. The second-order valence-electron chi connectivity index (χ2n) is 6.04. The van der Waals surface area contributed by atoms with E-state index >= 15 is 0 Å². The summed E-state index contributed by atoms with van der Waals surface area (Å²) in [5.41, 5.74) is 1.93. The number of β-amino-alcohol motifs (C(OH)–C–C–N with tert-alkyl or cyclic N) is 1. The molecule has 5 nitrogen and oxygen atoms in total. The van der Waals surface area contributed by atoms with Gasteiger partial charge in [0.1, 0.15) is 5.01 Å². The van der Waals surface area contributed by atoms with E-state index in [-0.39, 0.29) is 18.0 Å². The third-order valence-corrected chi connectivity index (χ3v) is 5.49. The summed E-state index contributed by atoms with van der Waals surface area (Å²) < 4.78 is 0. The van der Waals surface area contributed by atoms with Gasteiger partial charge in [-0.25, -0.2) is 4.98 Å². The molecule has 0 bridgehead atoms. The van der Waals surface area contributed by atoms with E-state index < -0.39 is 6.10 Å². The third-order valence-electron chi connectivity index (χ3n) is 4.08. The van der Waals surface area contributed by atoms with Gasteiger partial charge in [-0.3, -0.25) is 4.79 Å². The molecule has 1 aliphatic heterocycles. The Bertz CT molecular complexity index is 732. The van der Waals surface area contributed by atoms with Crippen molar-refractivity contribution in [1.82, 2.24) is 15.6 Å². The minimum atomic E-state index is -0.449. The van der Waals surface area contributed by atoms with E-state index in [1.165, 1.54) is 0 Å². The molecule has 1 saturated heterocycles. The Balaban J connectivity index is 1.71. The van der Waals surface area contributed by atoms with Crippen molar-refractivity contribution in [2.45, 2.75) is 38.5 Å². The molecule has 3 unspecified atom stereocenters. The maximum atomic E-state index is 12.3. The van der Waals surface area contributed by atoms with Crippen molar-refractivity contribution in [3.63, 3.8) is 0 Å². The quantitative estimate of drug-likeness (QED) is 0.778. The van der Waals surface area contributed by atoms with E-state index in [0.29, 0.717) is 18.0 Å². The highest BCUT2D eigenvalue weighted by atomic mass is 35.5. The molecule has 1 fully saturated rings. The first-order chi connectivity index (χ1) is 11.4. The minimum absolute atomic E-state index is 0.0973. The summed E-state index contributed by atoms with van der Waals surface area (Å²) in [6.45, 7) is 4.41. The Kier molecular flexibility index (Phi) is 5.20. The molecular formula is C17H20ClN3O2S. The van der Waals surface area contributed by atoms with Crippen LogP contribution in [0, 0.1) is 6.92 Å². The average Bonchev–Trinajstić information content (AvgIpc) is 3.14. The first-order valence-electron chi connectivity index (χ1n) is 7.89. The van der Waals surface area contributed by atoms with Crippen LogP contribution in [0.4, 0.5) is 0 Å². The van der Waals surface area contributed by atoms with Gasteiger partial charge in [0.25, 0.3) is 0 Å². The Morgan fingerprint density at radius 2 is 2.17 bits per heavy atom. The molecule has 7 heteroatoms. The lowest BCUT2D eigenvalue weighted by Gasteiger charge is -2.15. The van der Waals surface area contributed by atoms with Gasteiger partial charge in [-0.2, -0.15) is 0 Å². The molecule has 2 aromatic rings. The van der Waals surface area contributed by atoms with Gasteiger partial charge in [-0.1, -0.05) is 23.7 Å². The highest BCUT2D eigenvalue weighted by Crippen LogP contribution is 2.31. The van der Waals surface area contributed by atoms with Crippen LogP contribution >= 0.6 is 22.9 Å². The van der Waals surface area contributed by atoms with Gasteiger partial charge in [-0.05, 0) is 32.4 Å². The van der Waals surface area contributed by atoms with E-state index in [0.717, 1.165) is 21.1 Å². The summed E-state index contributed by atoms with van der Waals surface area (Å²) in [6, 6.07) is 7.07. The fourth-order valence-corrected chi connectivity index (χ4v) is 3.84. The number of carbonyl (C=O) groups excluding carboxylic acids is 1. The van der Waals surface area contributed by atoms with Gasteiger partial charge < -0.3 is 15.7 Å². The number of hydrogen-bond acceptors (Lipinski definition) is 5. The number of nitrogens with one attached hydrogen (secondary N) is 2. The smallest absolute Gasteiger partial charge is 0.237 e. The number of carbonyl (C=O) groups is 1. The zero-order valence-corrected chi connectivity index (χ0v) is 15.1. The molecule has 128 valence electrons. The number of hydrogen-bond donors (Lipinski definition) is 3. The molecule has 2 heterocycles. The Morgan fingerprint density at radius 3 is 2.79 bits per heavy atom. The van der Waals surface area contributed by atoms with Crippen molar-refractivity contribution in [2.75, 3.05) is 6.54 Å². The number of aryl methyl sites for hydroxylation is 1. The van der Waals surface area contributed by atoms with Crippen LogP contribution in [0.15, 0.2) is 24.3 Å². The van der Waals surface area contributed by atoms with Crippen molar-refractivity contribution < 1.29 is 9.90 Å². The molecule has 1 aliphatic rings. The third kappa shape index (κ3) is 3.78. The summed E-state index contributed by atoms with van der Waals surface area (Å²) in [5.74, 6) is -0.0973. The van der Waals surface area contributed by atoms with Crippen LogP contribution in [0.5, 0.6) is 0 Å². The first-order valence-corrected chi connectivity index (χ1v) is 9.08. The lowest BCUT2D eigenvalue weighted by molar-refractivity contribution is -0.123. The second-order valence-corrected chi connectivity index (χ2v) is 7.72. The zero-order valence-electron chi connectivity index (χ0n) is 13.5. The van der Waals surface area contributed by atoms with Crippen LogP contribution in [0.25, 0.3) is 11.3 Å². The lowest BCUT2D eigenvalue weighted by Crippen LogP contribution is -2.41. The standard InChI is InChI=1S/C17H20ClN3O2S/c1-9(20-16(23)14-7-13(22)8-19-14)17-21-15(10(2)24-17)11-3-5-12(18)6-4-11/h3-6,9,13-14,19,22H,7-8H2,1-2H3,(H,20,23). The van der Waals surface area contributed by atoms with E-state index in [2.05, 4.69) is 10.6 Å². The normalized spacial score (nSPS) is 21.7. The number of thiazole rings is 1. The zero-order chi connectivity index (χ0) is 17.3. The predicted octanol–water partition coefficient (Wildman–Crippen LogP) is 2.67. The molecule has 3 N–H and O–H groups in total. The van der Waals surface area contributed by atoms with Crippen molar-refractivity contribution in [1.29, 1.82) is 0 Å². The van der Waals surface area contributed by atoms with Gasteiger partial charge in [0.2, 0.25) is 5.91 Å². The van der Waals surface area contributed by atoms with Crippen LogP contribution in [0.1, 0.15) is 29.3 Å². The summed E-state index contributed by atoms with van der Waals surface area (Å²) in [4.78, 5) is 18.0. The molecule has 0 aliphatic carbocycles. The number of aliphatic hydroxyl groups is 1. The molecule has 1 aromatic carbocycles. The Morgan fingerprint density at radius 1 is 1.46 bits per heavy atom. The SMILES string of the molecule is Cc1sc(C(C)NC(=O)C2CC(O)CN2)nc1-c1ccc(Cl)cc1. The summed E-state index contributed by atoms with van der Waals surface area (Å²) in [6.07, 6.45) is 0.000497. The molecule has 3 atom stereocenters. The van der Waals surface area contributed by atoms with Gasteiger partial charge >= 0.3 is 0 Å². The summed E-state index contributed by atoms with van der Waals surface area (Å²) in [7, 11) is 0. The fourth-order valence-electron chi connectivity index (χ4n) is 2.77. The van der Waals surface area contributed by atoms with Gasteiger partial charge in [0, 0.05) is 22.0 Å². The molecule has 0 radical (unpaired) electrons. The van der Waals surface area contributed by atoms with Crippen LogP contribution in [0.3, 0.4) is 0 Å². The van der Waals surface area contributed by atoms with E-state index in [9.17, 15) is 9.90 Å². The molecule has 24 heavy (non-hydrogen) atoms. The van der Waals surface area contributed by atoms with E-state index in [1.807, 2.05) is 38.1 Å². The van der Waals surface area contributed by atoms with Crippen molar-refractivity contribution >= 4 is 28.8 Å². The average molecular weight is 366 g/mol. The largest absolute Gasteiger partial charge is 0.392 e. The minimum Gasteiger partial charge on any atom is -0.392 e. The van der Waals surface area contributed by atoms with Gasteiger partial charge in [0.05, 0.1) is 23.9 Å². The van der Waals surface area contributed by atoms with Crippen LogP contribution in [-0.2, 0) is 4.79 Å². The number of benzene rings is 1. The molecule has 3 rings (SSSR count). The number of rotatable bonds is 4. The number of aliphatic hydroxyl groups excluding tert-OH is 1. The van der Waals surface area contributed by atoms with Crippen LogP contribution in [-0.4, -0.2) is 34.7 Å². The van der Waals surface area contributed by atoms with Crippen LogP contribution in [0.2, 0.25) is 5.02 Å². The lowest BCUT2D eigenvalue weighted by atomic mass is 10.1. The number of halogens is 1. The Labute approximate surface area is 150 Å². The predicted molar refractivity (Wildman–Crippen MR) is 96.3 cm³/mol. The van der Waals surface area contributed by atoms with Crippen molar-refractivity contribution in [3.05, 3.63) is 39.2 Å². The van der Waals surface area contributed by atoms with Crippen molar-refractivity contribution in [3.8, 4) is 11.3 Å². The molecular weight excluding hydrogens is 346 g/mol. The number of nitrogens with zero attached hydrogens (tertiary/aromatic N) is 1. The second kappa shape index (κ2) is 7.19. The highest BCUT2D eigenvalue weighted by Gasteiger charge is 2.29. The maximum Gasteiger partial charge on any atom is 0.237 e. The molecule has 1 aromatic heterocycles. The maximum absolute atomic E-state index is 12.3. The topological polar surface area (TPSA) is 74.2 Å². The molecule has 0 spiro atoms. The van der Waals surface area contributed by atoms with E-state index in [1.54, 1.807) is 11.3 Å². The Hall–Kier alpha value is -1.47. The molecule has 0 saturated carbocycles. The number of aromatic nitrogens is 1. The summed E-state index contributed by atoms with van der Waals surface area (Å²) in [5, 5.41) is 17.1.